The van der Waals surface area contributed by atoms with Crippen LogP contribution in [0.4, 0.5) is 5.69 Å². The first-order chi connectivity index (χ1) is 12.4. The van der Waals surface area contributed by atoms with Gasteiger partial charge in [-0.15, -0.1) is 0 Å². The van der Waals surface area contributed by atoms with E-state index in [1.54, 1.807) is 4.90 Å². The van der Waals surface area contributed by atoms with Gasteiger partial charge in [-0.05, 0) is 30.5 Å². The summed E-state index contributed by atoms with van der Waals surface area (Å²) in [5.74, 6) is -0.0381. The van der Waals surface area contributed by atoms with Gasteiger partial charge >= 0.3 is 0 Å². The zero-order valence-electron chi connectivity index (χ0n) is 15.1. The molecule has 1 unspecified atom stereocenters. The zero-order valence-corrected chi connectivity index (χ0v) is 15.9. The Morgan fingerprint density at radius 1 is 1.12 bits per heavy atom. The van der Waals surface area contributed by atoms with Crippen molar-refractivity contribution in [3.8, 4) is 0 Å². The van der Waals surface area contributed by atoms with Crippen LogP contribution in [0, 0.1) is 0 Å². The van der Waals surface area contributed by atoms with Crippen molar-refractivity contribution >= 4 is 21.6 Å². The third kappa shape index (κ3) is 3.97. The minimum Gasteiger partial charge on any atom is -0.312 e. The van der Waals surface area contributed by atoms with E-state index in [1.165, 1.54) is 16.1 Å². The average Bonchev–Trinajstić information content (AvgIpc) is 3.05. The molecule has 0 fully saturated rings. The quantitative estimate of drug-likeness (QED) is 0.783. The predicted molar refractivity (Wildman–Crippen MR) is 104 cm³/mol. The number of sulfonamides is 1. The van der Waals surface area contributed by atoms with Gasteiger partial charge in [-0.2, -0.15) is 4.31 Å². The fourth-order valence-electron chi connectivity index (χ4n) is 3.48. The molecule has 1 aliphatic rings. The number of fused-ring (bicyclic) bond motifs is 1. The predicted octanol–water partition coefficient (Wildman–Crippen LogP) is 2.99. The summed E-state index contributed by atoms with van der Waals surface area (Å²) in [6, 6.07) is 17.0. The van der Waals surface area contributed by atoms with Crippen molar-refractivity contribution < 1.29 is 13.2 Å². The summed E-state index contributed by atoms with van der Waals surface area (Å²) in [7, 11) is -3.43. The number of amides is 1. The summed E-state index contributed by atoms with van der Waals surface area (Å²) >= 11 is 0. The Bertz CT molecular complexity index is 881. The molecule has 3 rings (SSSR count). The van der Waals surface area contributed by atoms with Crippen LogP contribution in [0.3, 0.4) is 0 Å². The number of hydrogen-bond donors (Lipinski definition) is 0. The summed E-state index contributed by atoms with van der Waals surface area (Å²) in [6.45, 7) is 2.68. The second-order valence-electron chi connectivity index (χ2n) is 6.63. The highest BCUT2D eigenvalue weighted by atomic mass is 32.2. The van der Waals surface area contributed by atoms with Crippen molar-refractivity contribution in [2.45, 2.75) is 25.8 Å². The lowest BCUT2D eigenvalue weighted by molar-refractivity contribution is -0.118. The fourth-order valence-corrected chi connectivity index (χ4v) is 4.60. The second-order valence-corrected chi connectivity index (χ2v) is 8.57. The SMILES string of the molecule is CC(c1ccccc1)N(CCC(=O)N1CCc2ccccc21)S(C)(=O)=O. The van der Waals surface area contributed by atoms with Crippen molar-refractivity contribution in [3.05, 3.63) is 65.7 Å². The molecule has 0 bridgehead atoms. The lowest BCUT2D eigenvalue weighted by atomic mass is 10.1. The van der Waals surface area contributed by atoms with Crippen LogP contribution in [0.25, 0.3) is 0 Å². The molecule has 0 spiro atoms. The van der Waals surface area contributed by atoms with Gasteiger partial charge < -0.3 is 4.90 Å². The molecular weight excluding hydrogens is 348 g/mol. The Morgan fingerprint density at radius 2 is 1.77 bits per heavy atom. The molecule has 1 aliphatic heterocycles. The maximum absolute atomic E-state index is 12.7. The summed E-state index contributed by atoms with van der Waals surface area (Å²) < 4.78 is 26.0. The van der Waals surface area contributed by atoms with Gasteiger partial charge in [0.15, 0.2) is 0 Å². The first-order valence-electron chi connectivity index (χ1n) is 8.78. The van der Waals surface area contributed by atoms with Crippen LogP contribution < -0.4 is 4.90 Å². The number of rotatable bonds is 6. The Kier molecular flexibility index (Phi) is 5.44. The molecule has 2 aromatic rings. The van der Waals surface area contributed by atoms with Crippen molar-refractivity contribution in [2.75, 3.05) is 24.2 Å². The number of hydrogen-bond acceptors (Lipinski definition) is 3. The second kappa shape index (κ2) is 7.60. The summed E-state index contributed by atoms with van der Waals surface area (Å²) in [4.78, 5) is 14.5. The van der Waals surface area contributed by atoms with Gasteiger partial charge in [0.1, 0.15) is 0 Å². The average molecular weight is 372 g/mol. The first kappa shape index (κ1) is 18.6. The van der Waals surface area contributed by atoms with E-state index in [2.05, 4.69) is 0 Å². The molecule has 6 heteroatoms. The normalized spacial score (nSPS) is 15.1. The summed E-state index contributed by atoms with van der Waals surface area (Å²) in [5.41, 5.74) is 3.02. The first-order valence-corrected chi connectivity index (χ1v) is 10.6. The summed E-state index contributed by atoms with van der Waals surface area (Å²) in [5, 5.41) is 0. The van der Waals surface area contributed by atoms with Crippen molar-refractivity contribution in [2.24, 2.45) is 0 Å². The van der Waals surface area contributed by atoms with Crippen molar-refractivity contribution in [1.29, 1.82) is 0 Å². The van der Waals surface area contributed by atoms with Crippen molar-refractivity contribution in [3.63, 3.8) is 0 Å². The molecule has 138 valence electrons. The van der Waals surface area contributed by atoms with Gasteiger partial charge in [-0.25, -0.2) is 8.42 Å². The zero-order chi connectivity index (χ0) is 18.7. The Morgan fingerprint density at radius 3 is 2.46 bits per heavy atom. The molecule has 0 radical (unpaired) electrons. The minimum absolute atomic E-state index is 0.0381. The molecule has 5 nitrogen and oxygen atoms in total. The van der Waals surface area contributed by atoms with Gasteiger partial charge in [0.2, 0.25) is 15.9 Å². The molecule has 2 aromatic carbocycles. The minimum atomic E-state index is -3.43. The van der Waals surface area contributed by atoms with Gasteiger partial charge in [0.25, 0.3) is 0 Å². The topological polar surface area (TPSA) is 57.7 Å². The van der Waals surface area contributed by atoms with Crippen LogP contribution in [-0.2, 0) is 21.2 Å². The molecule has 1 amide bonds. The van der Waals surface area contributed by atoms with Crippen molar-refractivity contribution in [1.82, 2.24) is 4.31 Å². The number of nitrogens with zero attached hydrogens (tertiary/aromatic N) is 2. The molecule has 0 N–H and O–H groups in total. The van der Waals surface area contributed by atoms with E-state index in [-0.39, 0.29) is 24.9 Å². The van der Waals surface area contributed by atoms with E-state index in [4.69, 9.17) is 0 Å². The number of anilines is 1. The molecule has 1 atom stereocenters. The Balaban J connectivity index is 1.72. The number of para-hydroxylation sites is 1. The highest BCUT2D eigenvalue weighted by Crippen LogP contribution is 2.28. The van der Waals surface area contributed by atoms with E-state index in [0.717, 1.165) is 17.7 Å². The number of carbonyl (C=O) groups excluding carboxylic acids is 1. The van der Waals surface area contributed by atoms with Gasteiger partial charge in [-0.3, -0.25) is 4.79 Å². The molecular formula is C20H24N2O3S. The van der Waals surface area contributed by atoms with Gasteiger partial charge in [-0.1, -0.05) is 48.5 Å². The van der Waals surface area contributed by atoms with E-state index >= 15 is 0 Å². The molecule has 0 saturated carbocycles. The lowest BCUT2D eigenvalue weighted by Gasteiger charge is -2.28. The van der Waals surface area contributed by atoms with Crippen LogP contribution in [0.5, 0.6) is 0 Å². The lowest BCUT2D eigenvalue weighted by Crippen LogP contribution is -2.37. The number of carbonyl (C=O) groups is 1. The van der Waals surface area contributed by atoms with E-state index < -0.39 is 10.0 Å². The summed E-state index contributed by atoms with van der Waals surface area (Å²) in [6.07, 6.45) is 2.21. The van der Waals surface area contributed by atoms with Gasteiger partial charge in [0.05, 0.1) is 6.26 Å². The number of benzene rings is 2. The van der Waals surface area contributed by atoms with Crippen LogP contribution in [-0.4, -0.2) is 38.0 Å². The largest absolute Gasteiger partial charge is 0.312 e. The molecule has 0 saturated heterocycles. The van der Waals surface area contributed by atoms with E-state index in [1.807, 2.05) is 61.5 Å². The van der Waals surface area contributed by atoms with Crippen LogP contribution in [0.1, 0.15) is 30.5 Å². The van der Waals surface area contributed by atoms with E-state index in [0.29, 0.717) is 6.54 Å². The van der Waals surface area contributed by atoms with Crippen LogP contribution >= 0.6 is 0 Å². The molecule has 0 aliphatic carbocycles. The maximum Gasteiger partial charge on any atom is 0.228 e. The fraction of sp³-hybridized carbons (Fsp3) is 0.350. The highest BCUT2D eigenvalue weighted by molar-refractivity contribution is 7.88. The maximum atomic E-state index is 12.7. The van der Waals surface area contributed by atoms with Crippen LogP contribution in [0.15, 0.2) is 54.6 Å². The van der Waals surface area contributed by atoms with Crippen LogP contribution in [0.2, 0.25) is 0 Å². The molecule has 1 heterocycles. The third-order valence-electron chi connectivity index (χ3n) is 4.87. The Labute approximate surface area is 155 Å². The van der Waals surface area contributed by atoms with Gasteiger partial charge in [0, 0.05) is 31.2 Å². The monoisotopic (exact) mass is 372 g/mol. The standard InChI is InChI=1S/C20H24N2O3S/c1-16(17-8-4-3-5-9-17)22(26(2,24)25)15-13-20(23)21-14-12-18-10-6-7-11-19(18)21/h3-11,16H,12-15H2,1-2H3. The highest BCUT2D eigenvalue weighted by Gasteiger charge is 2.28. The smallest absolute Gasteiger partial charge is 0.228 e. The van der Waals surface area contributed by atoms with E-state index in [9.17, 15) is 13.2 Å². The third-order valence-corrected chi connectivity index (χ3v) is 6.22. The molecule has 26 heavy (non-hydrogen) atoms. The molecule has 0 aromatic heterocycles. The Hall–Kier alpha value is -2.18.